The monoisotopic (exact) mass is 535 g/mol. The van der Waals surface area contributed by atoms with Gasteiger partial charge in [-0.15, -0.1) is 0 Å². The zero-order valence-corrected chi connectivity index (χ0v) is 20.6. The average Bonchev–Trinajstić information content (AvgIpc) is 2.95. The number of aliphatic hydroxyl groups excluding tert-OH is 7. The third-order valence-corrected chi connectivity index (χ3v) is 6.93. The first-order valence-electron chi connectivity index (χ1n) is 12.2. The van der Waals surface area contributed by atoms with Crippen molar-refractivity contribution < 1.29 is 54.8 Å². The number of amides is 1. The second-order valence-corrected chi connectivity index (χ2v) is 9.34. The van der Waals surface area contributed by atoms with Crippen molar-refractivity contribution in [3.05, 3.63) is 59.7 Å². The van der Waals surface area contributed by atoms with Crippen LogP contribution in [-0.4, -0.2) is 117 Å². The standard InChI is InChI=1S/C26H33NO11/c1-27-25(35)13-7-5-12(6-8-13)14-3-2-4-15(9-14)23-22(34)24(19(31)17(11-29)36-23)38-26-21(33)20(32)18(30)16(10-28)37-26/h2-9,16-24,26,28-34H,10-11H2,1H3,(H,27,35). The van der Waals surface area contributed by atoms with E-state index in [2.05, 4.69) is 5.32 Å². The largest absolute Gasteiger partial charge is 0.394 e. The molecule has 2 saturated heterocycles. The Balaban J connectivity index is 1.58. The van der Waals surface area contributed by atoms with Gasteiger partial charge in [0, 0.05) is 12.6 Å². The molecule has 12 heteroatoms. The smallest absolute Gasteiger partial charge is 0.251 e. The zero-order chi connectivity index (χ0) is 27.6. The van der Waals surface area contributed by atoms with Crippen molar-refractivity contribution in [3.63, 3.8) is 0 Å². The first kappa shape index (κ1) is 28.5. The van der Waals surface area contributed by atoms with Gasteiger partial charge < -0.3 is 55.3 Å². The van der Waals surface area contributed by atoms with E-state index in [-0.39, 0.29) is 5.91 Å². The maximum Gasteiger partial charge on any atom is 0.251 e. The number of benzene rings is 2. The van der Waals surface area contributed by atoms with Gasteiger partial charge in [-0.1, -0.05) is 30.3 Å². The number of carbonyl (C=O) groups is 1. The molecule has 0 bridgehead atoms. The Hall–Kier alpha value is -2.49. The van der Waals surface area contributed by atoms with E-state index in [9.17, 15) is 40.5 Å². The maximum atomic E-state index is 11.8. The molecule has 0 saturated carbocycles. The van der Waals surface area contributed by atoms with Crippen LogP contribution in [0.3, 0.4) is 0 Å². The lowest BCUT2D eigenvalue weighted by molar-refractivity contribution is -0.342. The lowest BCUT2D eigenvalue weighted by atomic mass is 9.89. The predicted octanol–water partition coefficient (Wildman–Crippen LogP) is -1.95. The highest BCUT2D eigenvalue weighted by atomic mass is 16.7. The van der Waals surface area contributed by atoms with E-state index in [0.29, 0.717) is 11.1 Å². The minimum atomic E-state index is -1.75. The normalized spacial score (nSPS) is 35.6. The summed E-state index contributed by atoms with van der Waals surface area (Å²) in [5.74, 6) is -0.219. The highest BCUT2D eigenvalue weighted by Crippen LogP contribution is 2.37. The molecule has 2 aromatic carbocycles. The second-order valence-electron chi connectivity index (χ2n) is 9.34. The third kappa shape index (κ3) is 5.60. The molecular formula is C26H33NO11. The van der Waals surface area contributed by atoms with Gasteiger partial charge in [0.25, 0.3) is 5.91 Å². The fraction of sp³-hybridized carbons (Fsp3) is 0.500. The molecule has 8 N–H and O–H groups in total. The molecule has 38 heavy (non-hydrogen) atoms. The summed E-state index contributed by atoms with van der Waals surface area (Å²) in [5, 5.41) is 74.2. The molecule has 0 spiro atoms. The van der Waals surface area contributed by atoms with Gasteiger partial charge in [-0.25, -0.2) is 0 Å². The quantitative estimate of drug-likeness (QED) is 0.196. The van der Waals surface area contributed by atoms with E-state index in [4.69, 9.17) is 14.2 Å². The summed E-state index contributed by atoms with van der Waals surface area (Å²) in [6.45, 7) is -1.29. The van der Waals surface area contributed by atoms with Crippen molar-refractivity contribution in [2.45, 2.75) is 61.2 Å². The summed E-state index contributed by atoms with van der Waals surface area (Å²) in [6, 6.07) is 13.9. The van der Waals surface area contributed by atoms with E-state index in [1.807, 2.05) is 6.07 Å². The Bertz CT molecular complexity index is 1080. The van der Waals surface area contributed by atoms with E-state index in [1.165, 1.54) is 0 Å². The van der Waals surface area contributed by atoms with Gasteiger partial charge in [0.2, 0.25) is 0 Å². The van der Waals surface area contributed by atoms with Crippen LogP contribution in [0.2, 0.25) is 0 Å². The van der Waals surface area contributed by atoms with E-state index < -0.39 is 74.4 Å². The van der Waals surface area contributed by atoms with Crippen molar-refractivity contribution in [2.75, 3.05) is 20.3 Å². The lowest BCUT2D eigenvalue weighted by Gasteiger charge is -2.46. The van der Waals surface area contributed by atoms with Crippen molar-refractivity contribution in [3.8, 4) is 11.1 Å². The highest BCUT2D eigenvalue weighted by molar-refractivity contribution is 5.94. The Labute approximate surface area is 218 Å². The Morgan fingerprint density at radius 1 is 0.816 bits per heavy atom. The summed E-state index contributed by atoms with van der Waals surface area (Å²) in [6.07, 6.45) is -14.7. The highest BCUT2D eigenvalue weighted by Gasteiger charge is 2.50. The molecule has 1 amide bonds. The number of aliphatic hydroxyl groups is 7. The fourth-order valence-electron chi connectivity index (χ4n) is 4.71. The van der Waals surface area contributed by atoms with Crippen LogP contribution < -0.4 is 5.32 Å². The maximum absolute atomic E-state index is 11.8. The van der Waals surface area contributed by atoms with Crippen LogP contribution in [0.15, 0.2) is 48.5 Å². The van der Waals surface area contributed by atoms with Gasteiger partial charge in [0.1, 0.15) is 54.9 Å². The third-order valence-electron chi connectivity index (χ3n) is 6.93. The van der Waals surface area contributed by atoms with Crippen LogP contribution in [0, 0.1) is 0 Å². The van der Waals surface area contributed by atoms with Crippen LogP contribution in [-0.2, 0) is 14.2 Å². The Morgan fingerprint density at radius 2 is 1.47 bits per heavy atom. The van der Waals surface area contributed by atoms with Gasteiger partial charge in [-0.2, -0.15) is 0 Å². The number of rotatable bonds is 7. The Morgan fingerprint density at radius 3 is 2.11 bits per heavy atom. The molecule has 2 aliphatic heterocycles. The lowest BCUT2D eigenvalue weighted by Crippen LogP contribution is -2.63. The molecule has 4 rings (SSSR count). The summed E-state index contributed by atoms with van der Waals surface area (Å²) in [5.41, 5.74) is 2.53. The average molecular weight is 536 g/mol. The van der Waals surface area contributed by atoms with Gasteiger partial charge in [-0.05, 0) is 34.9 Å². The molecule has 0 aromatic heterocycles. The zero-order valence-electron chi connectivity index (χ0n) is 20.6. The molecular weight excluding hydrogens is 502 g/mol. The predicted molar refractivity (Wildman–Crippen MR) is 131 cm³/mol. The van der Waals surface area contributed by atoms with E-state index in [0.717, 1.165) is 11.1 Å². The summed E-state index contributed by atoms with van der Waals surface area (Å²) >= 11 is 0. The van der Waals surface area contributed by atoms with E-state index >= 15 is 0 Å². The summed E-state index contributed by atoms with van der Waals surface area (Å²) < 4.78 is 16.9. The second kappa shape index (κ2) is 12.1. The van der Waals surface area contributed by atoms with Gasteiger partial charge in [0.05, 0.1) is 13.2 Å². The number of hydrogen-bond donors (Lipinski definition) is 8. The first-order valence-corrected chi connectivity index (χ1v) is 12.2. The minimum absolute atomic E-state index is 0.219. The van der Waals surface area contributed by atoms with Crippen LogP contribution >= 0.6 is 0 Å². The summed E-state index contributed by atoms with van der Waals surface area (Å²) in [7, 11) is 1.54. The molecule has 12 nitrogen and oxygen atoms in total. The van der Waals surface area contributed by atoms with Crippen molar-refractivity contribution in [1.29, 1.82) is 0 Å². The van der Waals surface area contributed by atoms with Crippen LogP contribution in [0.1, 0.15) is 22.0 Å². The van der Waals surface area contributed by atoms with Crippen molar-refractivity contribution in [1.82, 2.24) is 5.32 Å². The topological polar surface area (TPSA) is 198 Å². The van der Waals surface area contributed by atoms with Gasteiger partial charge in [0.15, 0.2) is 6.29 Å². The molecule has 10 atom stereocenters. The first-order chi connectivity index (χ1) is 18.2. The number of carbonyl (C=O) groups excluding carboxylic acids is 1. The molecule has 2 heterocycles. The van der Waals surface area contributed by atoms with E-state index in [1.54, 1.807) is 49.5 Å². The molecule has 2 fully saturated rings. The van der Waals surface area contributed by atoms with Crippen molar-refractivity contribution in [2.24, 2.45) is 0 Å². The van der Waals surface area contributed by atoms with Gasteiger partial charge >= 0.3 is 0 Å². The molecule has 2 aromatic rings. The number of hydrogen-bond acceptors (Lipinski definition) is 11. The van der Waals surface area contributed by atoms with Gasteiger partial charge in [-0.3, -0.25) is 4.79 Å². The van der Waals surface area contributed by atoms with Crippen LogP contribution in [0.5, 0.6) is 0 Å². The van der Waals surface area contributed by atoms with Crippen molar-refractivity contribution >= 4 is 5.91 Å². The fourth-order valence-corrected chi connectivity index (χ4v) is 4.71. The molecule has 0 radical (unpaired) electrons. The molecule has 208 valence electrons. The number of ether oxygens (including phenoxy) is 3. The SMILES string of the molecule is CNC(=O)c1ccc(-c2cccc(C3OC(CO)C(O)C(OC4OC(CO)C(O)C(O)C4O)C3O)c2)cc1. The molecule has 10 unspecified atom stereocenters. The molecule has 0 aliphatic carbocycles. The Kier molecular flexibility index (Phi) is 9.11. The van der Waals surface area contributed by atoms with Crippen LogP contribution in [0.25, 0.3) is 11.1 Å². The molecule has 2 aliphatic rings. The van der Waals surface area contributed by atoms with Crippen LogP contribution in [0.4, 0.5) is 0 Å². The minimum Gasteiger partial charge on any atom is -0.394 e. The number of nitrogens with one attached hydrogen (secondary N) is 1. The summed E-state index contributed by atoms with van der Waals surface area (Å²) in [4.78, 5) is 11.8.